The first-order valence-electron chi connectivity index (χ1n) is 6.44. The lowest BCUT2D eigenvalue weighted by Gasteiger charge is -2.24. The molecule has 0 aliphatic carbocycles. The maximum atomic E-state index is 5.47. The van der Waals surface area contributed by atoms with Crippen molar-refractivity contribution in [3.05, 3.63) is 23.8 Å². The normalized spacial score (nSPS) is 13.2. The van der Waals surface area contributed by atoms with Crippen molar-refractivity contribution in [1.82, 2.24) is 5.32 Å². The number of ether oxygens (including phenoxy) is 2. The Morgan fingerprint density at radius 3 is 2.37 bits per heavy atom. The molecule has 1 rings (SSSR count). The molecule has 1 aromatic rings. The van der Waals surface area contributed by atoms with Crippen LogP contribution in [0.5, 0.6) is 11.5 Å². The van der Waals surface area contributed by atoms with E-state index >= 15 is 0 Å². The van der Waals surface area contributed by atoms with Gasteiger partial charge in [-0.25, -0.2) is 0 Å². The van der Waals surface area contributed by atoms with Crippen LogP contribution in [0, 0.1) is 0 Å². The van der Waals surface area contributed by atoms with Crippen LogP contribution in [0.2, 0.25) is 0 Å². The number of methoxy groups -OCH3 is 2. The maximum absolute atomic E-state index is 5.47. The second kappa shape index (κ2) is 7.06. The van der Waals surface area contributed by atoms with Gasteiger partial charge in [0.15, 0.2) is 0 Å². The van der Waals surface area contributed by atoms with Crippen molar-refractivity contribution in [1.29, 1.82) is 0 Å². The first-order valence-corrected chi connectivity index (χ1v) is 7.43. The van der Waals surface area contributed by atoms with Crippen LogP contribution in [-0.4, -0.2) is 31.8 Å². The Balaban J connectivity index is 2.91. The van der Waals surface area contributed by atoms with E-state index in [2.05, 4.69) is 32.2 Å². The van der Waals surface area contributed by atoms with Gasteiger partial charge in [0.05, 0.1) is 14.2 Å². The van der Waals surface area contributed by atoms with E-state index in [4.69, 9.17) is 9.47 Å². The summed E-state index contributed by atoms with van der Waals surface area (Å²) in [6, 6.07) is 6.25. The smallest absolute Gasteiger partial charge is 0.127 e. The summed E-state index contributed by atoms with van der Waals surface area (Å²) >= 11 is 1.94. The molecular weight excluding hydrogens is 258 g/mol. The molecule has 19 heavy (non-hydrogen) atoms. The van der Waals surface area contributed by atoms with Gasteiger partial charge in [-0.05, 0) is 13.1 Å². The Bertz CT molecular complexity index is 402. The third-order valence-electron chi connectivity index (χ3n) is 2.85. The van der Waals surface area contributed by atoms with Gasteiger partial charge < -0.3 is 14.8 Å². The summed E-state index contributed by atoms with van der Waals surface area (Å²) in [6.45, 7) is 6.70. The highest BCUT2D eigenvalue weighted by molar-refractivity contribution is 8.00. The van der Waals surface area contributed by atoms with E-state index < -0.39 is 0 Å². The van der Waals surface area contributed by atoms with Gasteiger partial charge in [0, 0.05) is 28.2 Å². The van der Waals surface area contributed by atoms with Crippen molar-refractivity contribution < 1.29 is 9.47 Å². The van der Waals surface area contributed by atoms with Gasteiger partial charge in [-0.3, -0.25) is 0 Å². The van der Waals surface area contributed by atoms with Gasteiger partial charge in [0.25, 0.3) is 0 Å². The van der Waals surface area contributed by atoms with Gasteiger partial charge in [-0.2, -0.15) is 11.8 Å². The molecule has 0 fully saturated rings. The predicted octanol–water partition coefficient (Wildman–Crippen LogP) is 3.50. The molecule has 0 amide bonds. The molecule has 0 saturated carbocycles. The first-order chi connectivity index (χ1) is 8.91. The van der Waals surface area contributed by atoms with Crippen LogP contribution in [0.15, 0.2) is 18.2 Å². The molecule has 1 atom stereocenters. The van der Waals surface area contributed by atoms with Gasteiger partial charge in [0.1, 0.15) is 11.5 Å². The van der Waals surface area contributed by atoms with Gasteiger partial charge >= 0.3 is 0 Å². The van der Waals surface area contributed by atoms with Crippen LogP contribution in [0.1, 0.15) is 32.4 Å². The van der Waals surface area contributed by atoms with Gasteiger partial charge in [-0.1, -0.05) is 26.8 Å². The lowest BCUT2D eigenvalue weighted by Crippen LogP contribution is -2.22. The molecule has 0 spiro atoms. The molecule has 0 heterocycles. The largest absolute Gasteiger partial charge is 0.497 e. The van der Waals surface area contributed by atoms with Crippen molar-refractivity contribution in [2.45, 2.75) is 31.6 Å². The Morgan fingerprint density at radius 1 is 1.21 bits per heavy atom. The summed E-state index contributed by atoms with van der Waals surface area (Å²) in [5.74, 6) is 2.69. The quantitative estimate of drug-likeness (QED) is 0.865. The van der Waals surface area contributed by atoms with E-state index in [1.165, 1.54) is 5.56 Å². The molecule has 1 unspecified atom stereocenters. The van der Waals surface area contributed by atoms with E-state index in [0.29, 0.717) is 0 Å². The maximum Gasteiger partial charge on any atom is 0.127 e. The minimum Gasteiger partial charge on any atom is -0.497 e. The van der Waals surface area contributed by atoms with E-state index in [-0.39, 0.29) is 10.8 Å². The third-order valence-corrected chi connectivity index (χ3v) is 4.21. The average molecular weight is 283 g/mol. The number of rotatable bonds is 6. The molecule has 108 valence electrons. The van der Waals surface area contributed by atoms with Crippen molar-refractivity contribution in [2.75, 3.05) is 27.0 Å². The Morgan fingerprint density at radius 2 is 1.89 bits per heavy atom. The van der Waals surface area contributed by atoms with Crippen LogP contribution < -0.4 is 14.8 Å². The Hall–Kier alpha value is -0.870. The van der Waals surface area contributed by atoms with E-state index in [1.807, 2.05) is 30.9 Å². The van der Waals surface area contributed by atoms with Crippen LogP contribution in [0.4, 0.5) is 0 Å². The van der Waals surface area contributed by atoms with E-state index in [9.17, 15) is 0 Å². The Kier molecular flexibility index (Phi) is 6.01. The molecular formula is C15H25NO2S. The molecule has 1 N–H and O–H groups in total. The minimum atomic E-state index is 0.259. The average Bonchev–Trinajstić information content (AvgIpc) is 2.38. The SMILES string of the molecule is CNC(CSC(C)(C)C)c1ccc(OC)cc1OC. The van der Waals surface area contributed by atoms with Gasteiger partial charge in [0.2, 0.25) is 0 Å². The fourth-order valence-electron chi connectivity index (χ4n) is 1.77. The highest BCUT2D eigenvalue weighted by Gasteiger charge is 2.19. The molecule has 0 aliphatic heterocycles. The molecule has 4 heteroatoms. The fraction of sp³-hybridized carbons (Fsp3) is 0.600. The summed E-state index contributed by atoms with van der Waals surface area (Å²) < 4.78 is 11.0. The number of hydrogen-bond acceptors (Lipinski definition) is 4. The second-order valence-corrected chi connectivity index (χ2v) is 7.22. The summed E-state index contributed by atoms with van der Waals surface area (Å²) in [5.41, 5.74) is 1.17. The highest BCUT2D eigenvalue weighted by atomic mass is 32.2. The topological polar surface area (TPSA) is 30.5 Å². The van der Waals surface area contributed by atoms with Crippen molar-refractivity contribution in [3.8, 4) is 11.5 Å². The predicted molar refractivity (Wildman–Crippen MR) is 83.6 cm³/mol. The van der Waals surface area contributed by atoms with Crippen LogP contribution in [0.25, 0.3) is 0 Å². The summed E-state index contributed by atoms with van der Waals surface area (Å²) in [7, 11) is 5.35. The number of hydrogen-bond donors (Lipinski definition) is 1. The monoisotopic (exact) mass is 283 g/mol. The van der Waals surface area contributed by atoms with E-state index in [1.54, 1.807) is 14.2 Å². The zero-order valence-electron chi connectivity index (χ0n) is 12.7. The first kappa shape index (κ1) is 16.2. The van der Waals surface area contributed by atoms with Crippen molar-refractivity contribution >= 4 is 11.8 Å². The molecule has 0 bridgehead atoms. The lowest BCUT2D eigenvalue weighted by molar-refractivity contribution is 0.387. The Labute approximate surface area is 121 Å². The molecule has 1 aromatic carbocycles. The standard InChI is InChI=1S/C15H25NO2S/c1-15(2,3)19-10-13(16-4)12-8-7-11(17-5)9-14(12)18-6/h7-9,13,16H,10H2,1-6H3. The number of benzene rings is 1. The molecule has 0 radical (unpaired) electrons. The summed E-state index contributed by atoms with van der Waals surface area (Å²) in [5, 5.41) is 3.36. The molecule has 3 nitrogen and oxygen atoms in total. The van der Waals surface area contributed by atoms with Crippen molar-refractivity contribution in [3.63, 3.8) is 0 Å². The summed E-state index contributed by atoms with van der Waals surface area (Å²) in [4.78, 5) is 0. The van der Waals surface area contributed by atoms with Crippen molar-refractivity contribution in [2.24, 2.45) is 0 Å². The van der Waals surface area contributed by atoms with Crippen LogP contribution >= 0.6 is 11.8 Å². The molecule has 0 aromatic heterocycles. The third kappa shape index (κ3) is 4.96. The molecule has 0 aliphatic rings. The zero-order valence-corrected chi connectivity index (χ0v) is 13.6. The van der Waals surface area contributed by atoms with Crippen LogP contribution in [0.3, 0.4) is 0 Å². The highest BCUT2D eigenvalue weighted by Crippen LogP contribution is 2.33. The van der Waals surface area contributed by atoms with Crippen LogP contribution in [-0.2, 0) is 0 Å². The zero-order chi connectivity index (χ0) is 14.5. The second-order valence-electron chi connectivity index (χ2n) is 5.37. The lowest BCUT2D eigenvalue weighted by atomic mass is 10.1. The number of nitrogens with one attached hydrogen (secondary N) is 1. The number of thioether (sulfide) groups is 1. The summed E-state index contributed by atoms with van der Waals surface area (Å²) in [6.07, 6.45) is 0. The van der Waals surface area contributed by atoms with Gasteiger partial charge in [-0.15, -0.1) is 0 Å². The van der Waals surface area contributed by atoms with E-state index in [0.717, 1.165) is 17.3 Å². The molecule has 0 saturated heterocycles. The fourth-order valence-corrected chi connectivity index (χ4v) is 2.78. The minimum absolute atomic E-state index is 0.259.